The number of hydrogen-bond acceptors (Lipinski definition) is 6. The molecule has 0 amide bonds. The predicted octanol–water partition coefficient (Wildman–Crippen LogP) is -1.42. The Morgan fingerprint density at radius 2 is 1.47 bits per heavy atom. The molecule has 4 aromatic rings. The molecule has 0 bridgehead atoms. The van der Waals surface area contributed by atoms with Gasteiger partial charge in [0.2, 0.25) is 5.36 Å². The lowest BCUT2D eigenvalue weighted by Gasteiger charge is -2.17. The molecule has 8 heteroatoms. The van der Waals surface area contributed by atoms with Crippen molar-refractivity contribution in [1.82, 2.24) is 0 Å². The van der Waals surface area contributed by atoms with Crippen molar-refractivity contribution in [1.29, 1.82) is 0 Å². The molecule has 0 saturated heterocycles. The summed E-state index contributed by atoms with van der Waals surface area (Å²) in [6.07, 6.45) is 0.957. The van der Waals surface area contributed by atoms with Gasteiger partial charge in [0.15, 0.2) is 0 Å². The molecule has 1 N–H and O–H groups in total. The van der Waals surface area contributed by atoms with E-state index in [0.29, 0.717) is 0 Å². The highest BCUT2D eigenvalue weighted by Crippen LogP contribution is 2.23. The molecule has 1 heterocycles. The minimum absolute atomic E-state index is 0.816. The maximum Gasteiger partial charge on any atom is 0.213 e. The summed E-state index contributed by atoms with van der Waals surface area (Å²) >= 11 is 0. The van der Waals surface area contributed by atoms with E-state index >= 15 is 0 Å². The Kier molecular flexibility index (Phi) is 7.99. The van der Waals surface area contributed by atoms with E-state index in [1.54, 1.807) is 7.11 Å². The molecule has 32 heavy (non-hydrogen) atoms. The lowest BCUT2D eigenvalue weighted by Crippen LogP contribution is -2.77. The van der Waals surface area contributed by atoms with Gasteiger partial charge in [-0.25, -0.2) is 23.6 Å². The predicted molar refractivity (Wildman–Crippen MR) is 107 cm³/mol. The second-order valence-electron chi connectivity index (χ2n) is 6.79. The fraction of sp³-hybridized carbons (Fsp3) is 0.125. The van der Waals surface area contributed by atoms with Gasteiger partial charge in [-0.1, -0.05) is 60.7 Å². The van der Waals surface area contributed by atoms with Crippen molar-refractivity contribution in [2.45, 2.75) is 6.42 Å². The number of nitrogens with one attached hydrogen (secondary N) is 1. The van der Waals surface area contributed by atoms with Gasteiger partial charge >= 0.3 is 0 Å². The van der Waals surface area contributed by atoms with Crippen molar-refractivity contribution in [3.8, 4) is 17.1 Å². The van der Waals surface area contributed by atoms with Crippen LogP contribution in [-0.2, 0) is 6.42 Å². The Morgan fingerprint density at radius 1 is 0.844 bits per heavy atom. The van der Waals surface area contributed by atoms with Crippen LogP contribution in [0.1, 0.15) is 5.56 Å². The molecular formula is C24H22ClNO6. The van der Waals surface area contributed by atoms with E-state index in [1.165, 1.54) is 5.56 Å². The van der Waals surface area contributed by atoms with Crippen molar-refractivity contribution in [2.24, 2.45) is 0 Å². The molecule has 4 rings (SSSR count). The first kappa shape index (κ1) is 23.5. The number of ether oxygens (including phenoxy) is 1. The minimum atomic E-state index is -4.94. The molecule has 1 aromatic heterocycles. The van der Waals surface area contributed by atoms with Gasteiger partial charge in [0.1, 0.15) is 23.6 Å². The van der Waals surface area contributed by atoms with E-state index in [0.717, 1.165) is 46.4 Å². The molecule has 0 unspecified atom stereocenters. The van der Waals surface area contributed by atoms with Crippen LogP contribution in [0.4, 0.5) is 0 Å². The first-order chi connectivity index (χ1) is 15.3. The number of rotatable bonds is 5. The zero-order chi connectivity index (χ0) is 23.0. The Bertz CT molecular complexity index is 1200. The van der Waals surface area contributed by atoms with E-state index in [-0.39, 0.29) is 0 Å². The Balaban J connectivity index is 0.000000523. The van der Waals surface area contributed by atoms with E-state index in [2.05, 4.69) is 47.5 Å². The zero-order valence-electron chi connectivity index (χ0n) is 17.3. The molecular weight excluding hydrogens is 434 g/mol. The van der Waals surface area contributed by atoms with Crippen LogP contribution in [0.2, 0.25) is 0 Å². The summed E-state index contributed by atoms with van der Waals surface area (Å²) in [4.78, 5) is 3.58. The van der Waals surface area contributed by atoms with Gasteiger partial charge in [-0.3, -0.25) is 0 Å². The third-order valence-corrected chi connectivity index (χ3v) is 4.60. The van der Waals surface area contributed by atoms with Crippen LogP contribution in [-0.4, -0.2) is 13.7 Å². The van der Waals surface area contributed by atoms with Crippen molar-refractivity contribution in [3.63, 3.8) is 0 Å². The molecule has 0 atom stereocenters. The Morgan fingerprint density at radius 3 is 2.09 bits per heavy atom. The van der Waals surface area contributed by atoms with Gasteiger partial charge in [0, 0.05) is 12.0 Å². The van der Waals surface area contributed by atoms with Crippen LogP contribution in [0.25, 0.3) is 22.3 Å². The molecule has 3 aromatic carbocycles. The first-order valence-corrected chi connectivity index (χ1v) is 11.0. The SMILES string of the molecule is COc1ccc2oc(-c3ccccc3)cc(=[NH+]CCc3ccccc3)c2c1.[O-][Cl+3]([O-])([O-])[O-]. The summed E-state index contributed by atoms with van der Waals surface area (Å²) in [5, 5.41) is 2.06. The number of hydrogen-bond donors (Lipinski definition) is 1. The van der Waals surface area contributed by atoms with E-state index in [1.807, 2.05) is 42.5 Å². The largest absolute Gasteiger partial charge is 0.497 e. The monoisotopic (exact) mass is 455 g/mol. The van der Waals surface area contributed by atoms with Crippen LogP contribution in [0.15, 0.2) is 89.3 Å². The Labute approximate surface area is 187 Å². The third-order valence-electron chi connectivity index (χ3n) is 4.60. The van der Waals surface area contributed by atoms with Crippen LogP contribution in [0, 0.1) is 10.2 Å². The molecule has 0 fully saturated rings. The lowest BCUT2D eigenvalue weighted by molar-refractivity contribution is -2.00. The van der Waals surface area contributed by atoms with Crippen molar-refractivity contribution in [3.05, 3.63) is 95.8 Å². The van der Waals surface area contributed by atoms with Crippen LogP contribution in [0.5, 0.6) is 5.75 Å². The van der Waals surface area contributed by atoms with Gasteiger partial charge in [0.25, 0.3) is 0 Å². The van der Waals surface area contributed by atoms with Gasteiger partial charge < -0.3 is 9.15 Å². The highest BCUT2D eigenvalue weighted by Gasteiger charge is 2.10. The second-order valence-corrected chi connectivity index (χ2v) is 7.55. The fourth-order valence-electron chi connectivity index (χ4n) is 3.17. The van der Waals surface area contributed by atoms with Gasteiger partial charge in [-0.2, -0.15) is 0 Å². The zero-order valence-corrected chi connectivity index (χ0v) is 18.1. The van der Waals surface area contributed by atoms with Crippen molar-refractivity contribution in [2.75, 3.05) is 13.7 Å². The molecule has 166 valence electrons. The van der Waals surface area contributed by atoms with Crippen molar-refractivity contribution >= 4 is 11.0 Å². The third kappa shape index (κ3) is 7.19. The molecule has 0 aliphatic carbocycles. The topological polar surface area (TPSA) is 129 Å². The molecule has 0 aliphatic heterocycles. The summed E-state index contributed by atoms with van der Waals surface area (Å²) in [5.41, 5.74) is 3.21. The smallest absolute Gasteiger partial charge is 0.213 e. The van der Waals surface area contributed by atoms with Crippen LogP contribution >= 0.6 is 0 Å². The number of methoxy groups -OCH3 is 1. The molecule has 0 radical (unpaired) electrons. The quantitative estimate of drug-likeness (QED) is 0.393. The van der Waals surface area contributed by atoms with E-state index in [4.69, 9.17) is 27.8 Å². The van der Waals surface area contributed by atoms with Gasteiger partial charge in [-0.15, -0.1) is 10.2 Å². The van der Waals surface area contributed by atoms with Crippen LogP contribution in [0.3, 0.4) is 0 Å². The lowest BCUT2D eigenvalue weighted by atomic mass is 10.1. The minimum Gasteiger partial charge on any atom is -0.497 e. The van der Waals surface area contributed by atoms with Crippen molar-refractivity contribution < 1.29 is 43.0 Å². The summed E-state index contributed by atoms with van der Waals surface area (Å²) in [5.74, 6) is 1.66. The normalized spacial score (nSPS) is 11.7. The molecule has 0 saturated carbocycles. The summed E-state index contributed by atoms with van der Waals surface area (Å²) < 4.78 is 45.5. The standard InChI is InChI=1S/C24H21NO2.ClHO4/c1-26-20-12-13-23-21(16-20)22(25-15-14-18-8-4-2-5-9-18)17-24(27-23)19-10-6-3-7-11-19;2-1(3,4)5/h2-13,16-17H,14-15H2,1H3;(H,2,3,4,5). The molecule has 0 spiro atoms. The first-order valence-electron chi connectivity index (χ1n) is 9.73. The van der Waals surface area contributed by atoms with Gasteiger partial charge in [-0.05, 0) is 23.8 Å². The molecule has 0 aliphatic rings. The average Bonchev–Trinajstić information content (AvgIpc) is 2.79. The highest BCUT2D eigenvalue weighted by atomic mass is 35.7. The van der Waals surface area contributed by atoms with E-state index in [9.17, 15) is 0 Å². The average molecular weight is 456 g/mol. The van der Waals surface area contributed by atoms with Crippen LogP contribution < -0.4 is 33.7 Å². The second kappa shape index (κ2) is 10.9. The summed E-state index contributed by atoms with van der Waals surface area (Å²) in [6.45, 7) is 0.842. The number of fused-ring (bicyclic) bond motifs is 1. The Hall–Kier alpha value is -3.20. The van der Waals surface area contributed by atoms with E-state index < -0.39 is 10.2 Å². The number of benzene rings is 3. The molecule has 7 nitrogen and oxygen atoms in total. The number of halogens is 1. The summed E-state index contributed by atoms with van der Waals surface area (Å²) in [6, 6.07) is 28.6. The summed E-state index contributed by atoms with van der Waals surface area (Å²) in [7, 11) is -3.26. The van der Waals surface area contributed by atoms with Gasteiger partial charge in [0.05, 0.1) is 18.6 Å². The maximum absolute atomic E-state index is 8.49. The highest BCUT2D eigenvalue weighted by molar-refractivity contribution is 5.79. The fourth-order valence-corrected chi connectivity index (χ4v) is 3.17. The maximum atomic E-state index is 8.49.